The van der Waals surface area contributed by atoms with Crippen molar-refractivity contribution in [2.45, 2.75) is 4.90 Å². The van der Waals surface area contributed by atoms with Crippen LogP contribution in [-0.2, 0) is 0 Å². The number of aromatic hydroxyl groups is 1. The van der Waals surface area contributed by atoms with E-state index in [1.165, 1.54) is 17.8 Å². The Bertz CT molecular complexity index is 2100. The number of benzene rings is 5. The first kappa shape index (κ1) is 29.6. The maximum Gasteiger partial charge on any atom is 0.200 e. The zero-order valence-electron chi connectivity index (χ0n) is 23.9. The van der Waals surface area contributed by atoms with Gasteiger partial charge in [0.1, 0.15) is 17.1 Å². The molecule has 0 amide bonds. The van der Waals surface area contributed by atoms with E-state index in [2.05, 4.69) is 71.7 Å². The topological polar surface area (TPSA) is 53.7 Å². The number of fused-ring (bicyclic) bond motifs is 2. The van der Waals surface area contributed by atoms with Crippen molar-refractivity contribution in [2.75, 3.05) is 19.0 Å². The summed E-state index contributed by atoms with van der Waals surface area (Å²) in [5.74, 6) is 0.232. The highest BCUT2D eigenvalue weighted by Crippen LogP contribution is 2.45. The predicted molar refractivity (Wildman–Crippen MR) is 189 cm³/mol. The molecule has 0 atom stereocenters. The summed E-state index contributed by atoms with van der Waals surface area (Å²) in [5.41, 5.74) is 7.71. The minimum absolute atomic E-state index is 0.0821. The van der Waals surface area contributed by atoms with Crippen molar-refractivity contribution in [2.24, 2.45) is 0 Å². The van der Waals surface area contributed by atoms with E-state index in [0.717, 1.165) is 33.4 Å². The van der Waals surface area contributed by atoms with Crippen LogP contribution in [0, 0.1) is 0 Å². The molecule has 0 unspecified atom stereocenters. The van der Waals surface area contributed by atoms with Gasteiger partial charge in [0, 0.05) is 53.3 Å². The summed E-state index contributed by atoms with van der Waals surface area (Å²) in [6.07, 6.45) is 8.30. The maximum atomic E-state index is 12.3. The van der Waals surface area contributed by atoms with Crippen LogP contribution in [0.2, 0.25) is 10.0 Å². The molecule has 0 saturated heterocycles. The molecule has 0 fully saturated rings. The van der Waals surface area contributed by atoms with Crippen LogP contribution in [0.5, 0.6) is 5.75 Å². The molecular formula is C37H27Cl2NO3S. The van der Waals surface area contributed by atoms with E-state index in [-0.39, 0.29) is 21.2 Å². The lowest BCUT2D eigenvalue weighted by Gasteiger charge is -2.17. The largest absolute Gasteiger partial charge is 0.506 e. The van der Waals surface area contributed by atoms with Crippen molar-refractivity contribution >= 4 is 76.8 Å². The van der Waals surface area contributed by atoms with Crippen LogP contribution < -0.4 is 10.3 Å². The number of phenolic OH excluding ortho intramolecular Hbond substituents is 1. The molecule has 1 aliphatic carbocycles. The number of thiol groups is 1. The lowest BCUT2D eigenvalue weighted by Crippen LogP contribution is -2.07. The van der Waals surface area contributed by atoms with Gasteiger partial charge in [-0.15, -0.1) is 12.6 Å². The Morgan fingerprint density at radius 1 is 0.705 bits per heavy atom. The molecule has 0 saturated carbocycles. The summed E-state index contributed by atoms with van der Waals surface area (Å²) in [6.45, 7) is 0. The number of halogens is 2. The van der Waals surface area contributed by atoms with E-state index in [1.807, 2.05) is 38.4 Å². The molecule has 6 rings (SSSR count). The molecule has 0 aromatic heterocycles. The van der Waals surface area contributed by atoms with E-state index in [1.54, 1.807) is 12.1 Å². The van der Waals surface area contributed by atoms with Gasteiger partial charge < -0.3 is 14.4 Å². The predicted octanol–water partition coefficient (Wildman–Crippen LogP) is 10.3. The highest BCUT2D eigenvalue weighted by Gasteiger charge is 2.21. The molecular weight excluding hydrogens is 609 g/mol. The maximum absolute atomic E-state index is 12.3. The number of rotatable bonds is 6. The van der Waals surface area contributed by atoms with Crippen LogP contribution in [0.25, 0.3) is 57.7 Å². The molecule has 4 aromatic carbocycles. The molecule has 0 spiro atoms. The quantitative estimate of drug-likeness (QED) is 0.109. The molecule has 0 radical (unpaired) electrons. The Labute approximate surface area is 270 Å². The fourth-order valence-corrected chi connectivity index (χ4v) is 5.70. The second-order valence-electron chi connectivity index (χ2n) is 10.7. The fourth-order valence-electron chi connectivity index (χ4n) is 5.04. The van der Waals surface area contributed by atoms with Crippen molar-refractivity contribution < 1.29 is 9.52 Å². The highest BCUT2D eigenvalue weighted by atomic mass is 35.5. The van der Waals surface area contributed by atoms with Crippen LogP contribution in [0.15, 0.2) is 105 Å². The third-order valence-corrected chi connectivity index (χ3v) is 8.38. The Kier molecular flexibility index (Phi) is 8.28. The van der Waals surface area contributed by atoms with Crippen molar-refractivity contribution in [3.05, 3.63) is 134 Å². The van der Waals surface area contributed by atoms with Gasteiger partial charge in [0.2, 0.25) is 5.43 Å². The van der Waals surface area contributed by atoms with Crippen LogP contribution >= 0.6 is 35.8 Å². The third kappa shape index (κ3) is 6.13. The summed E-state index contributed by atoms with van der Waals surface area (Å²) in [5, 5.41) is 11.1. The summed E-state index contributed by atoms with van der Waals surface area (Å²) in [7, 11) is 4.07. The van der Waals surface area contributed by atoms with Gasteiger partial charge in [-0.3, -0.25) is 4.79 Å². The van der Waals surface area contributed by atoms with Crippen LogP contribution in [0.4, 0.5) is 5.69 Å². The molecule has 44 heavy (non-hydrogen) atoms. The number of phenols is 1. The molecule has 4 nitrogen and oxygen atoms in total. The van der Waals surface area contributed by atoms with E-state index < -0.39 is 0 Å². The van der Waals surface area contributed by atoms with Gasteiger partial charge in [-0.05, 0) is 58.1 Å². The van der Waals surface area contributed by atoms with Gasteiger partial charge in [0.15, 0.2) is 0 Å². The second kappa shape index (κ2) is 12.3. The van der Waals surface area contributed by atoms with Crippen molar-refractivity contribution in [1.82, 2.24) is 0 Å². The number of hydrogen-bond acceptors (Lipinski definition) is 5. The fraction of sp³-hybridized carbons (Fsp3) is 0.0541. The lowest BCUT2D eigenvalue weighted by atomic mass is 9.93. The van der Waals surface area contributed by atoms with Gasteiger partial charge in [-0.2, -0.15) is 0 Å². The summed E-state index contributed by atoms with van der Waals surface area (Å²) in [4.78, 5) is 15.1. The van der Waals surface area contributed by atoms with Gasteiger partial charge in [-0.25, -0.2) is 0 Å². The first-order valence-electron chi connectivity index (χ1n) is 13.8. The van der Waals surface area contributed by atoms with Crippen molar-refractivity contribution in [3.8, 4) is 28.2 Å². The van der Waals surface area contributed by atoms with Gasteiger partial charge in [-0.1, -0.05) is 96.0 Å². The Morgan fingerprint density at radius 2 is 1.27 bits per heavy atom. The molecule has 2 aliphatic rings. The molecule has 7 heteroatoms. The summed E-state index contributed by atoms with van der Waals surface area (Å²) < 4.78 is 5.97. The lowest BCUT2D eigenvalue weighted by molar-refractivity contribution is 0.474. The monoisotopic (exact) mass is 635 g/mol. The van der Waals surface area contributed by atoms with Crippen LogP contribution in [-0.4, -0.2) is 19.2 Å². The average Bonchev–Trinajstić information content (AvgIpc) is 3.01. The molecule has 4 aromatic rings. The minimum Gasteiger partial charge on any atom is -0.506 e. The molecule has 1 N–H and O–H groups in total. The van der Waals surface area contributed by atoms with Crippen molar-refractivity contribution in [1.29, 1.82) is 0 Å². The molecule has 1 heterocycles. The van der Waals surface area contributed by atoms with Gasteiger partial charge in [0.25, 0.3) is 0 Å². The Balaban J connectivity index is 1.27. The number of hydrogen-bond donors (Lipinski definition) is 2. The standard InChI is InChI=1S/C37H27Cl2NO3S/c1-40(2)26-14-11-24(12-15-26)8-7-22-3-5-23(6-4-22)9-10-25-13-16-27(36(44)17-25)37-28-18-30(38)32(41)20-34(28)43-35-21-33(42)31(39)19-29(35)37/h3-21,41,44H,1-2H3/b8-7+,10-9+. The SMILES string of the molecule is CN(C)c1ccc(/C=C/c2ccc(/C=C/c3ccc(-c4c5cc(Cl)c(=O)cc-5oc5cc(O)c(Cl)cc45)c(S)c3)cc2)cc1. The van der Waals surface area contributed by atoms with E-state index in [0.29, 0.717) is 27.2 Å². The summed E-state index contributed by atoms with van der Waals surface area (Å²) >= 11 is 17.4. The highest BCUT2D eigenvalue weighted by molar-refractivity contribution is 7.80. The molecule has 218 valence electrons. The minimum atomic E-state index is -0.350. The smallest absolute Gasteiger partial charge is 0.200 e. The normalized spacial score (nSPS) is 11.8. The first-order chi connectivity index (χ1) is 21.2. The van der Waals surface area contributed by atoms with Gasteiger partial charge >= 0.3 is 0 Å². The van der Waals surface area contributed by atoms with E-state index in [4.69, 9.17) is 40.2 Å². The molecule has 0 bridgehead atoms. The van der Waals surface area contributed by atoms with Crippen molar-refractivity contribution in [3.63, 3.8) is 0 Å². The second-order valence-corrected chi connectivity index (χ2v) is 11.9. The zero-order valence-corrected chi connectivity index (χ0v) is 26.3. The van der Waals surface area contributed by atoms with Crippen LogP contribution in [0.1, 0.15) is 22.3 Å². The average molecular weight is 637 g/mol. The van der Waals surface area contributed by atoms with E-state index >= 15 is 0 Å². The Morgan fingerprint density at radius 3 is 1.86 bits per heavy atom. The third-order valence-electron chi connectivity index (χ3n) is 7.42. The van der Waals surface area contributed by atoms with Crippen LogP contribution in [0.3, 0.4) is 0 Å². The summed E-state index contributed by atoms with van der Waals surface area (Å²) in [6, 6.07) is 28.8. The Hall–Kier alpha value is -4.42. The number of nitrogens with zero attached hydrogens (tertiary/aromatic N) is 1. The van der Waals surface area contributed by atoms with Gasteiger partial charge in [0.05, 0.1) is 10.0 Å². The van der Waals surface area contributed by atoms with E-state index in [9.17, 15) is 9.90 Å². The number of anilines is 1. The molecule has 1 aliphatic heterocycles. The first-order valence-corrected chi connectivity index (χ1v) is 15.0. The zero-order chi connectivity index (χ0) is 31.0.